The maximum absolute atomic E-state index is 13.4. The zero-order valence-corrected chi connectivity index (χ0v) is 22.6. The molecule has 0 saturated heterocycles. The van der Waals surface area contributed by atoms with Crippen LogP contribution in [0.15, 0.2) is 48.0 Å². The number of carbonyl (C=O) groups is 4. The number of carbonyl (C=O) groups excluding carboxylic acids is 3. The molecule has 0 aliphatic rings. The number of H-pyrrole nitrogens is 2. The zero-order chi connectivity index (χ0) is 29.9. The highest BCUT2D eigenvalue weighted by atomic mass is 16.4. The van der Waals surface area contributed by atoms with Crippen molar-refractivity contribution >= 4 is 40.6 Å². The number of hydrogen-bond acceptors (Lipinski definition) is 7. The highest BCUT2D eigenvalue weighted by molar-refractivity contribution is 5.94. The van der Waals surface area contributed by atoms with Crippen molar-refractivity contribution in [2.75, 3.05) is 6.54 Å². The minimum Gasteiger partial charge on any atom is -0.480 e. The number of amides is 3. The van der Waals surface area contributed by atoms with E-state index in [-0.39, 0.29) is 25.2 Å². The molecule has 0 fully saturated rings. The summed E-state index contributed by atoms with van der Waals surface area (Å²) in [4.78, 5) is 64.5. The third-order valence-corrected chi connectivity index (χ3v) is 6.38. The largest absolute Gasteiger partial charge is 0.480 e. The Morgan fingerprint density at radius 2 is 1.73 bits per heavy atom. The summed E-state index contributed by atoms with van der Waals surface area (Å²) in [7, 11) is 0. The molecule has 0 aliphatic carbocycles. The van der Waals surface area contributed by atoms with Crippen LogP contribution >= 0.6 is 0 Å². The lowest BCUT2D eigenvalue weighted by Crippen LogP contribution is -2.57. The number of fused-ring (bicyclic) bond motifs is 1. The molecule has 15 heteroatoms. The number of aliphatic carboxylic acids is 1. The lowest BCUT2D eigenvalue weighted by molar-refractivity contribution is -0.142. The smallest absolute Gasteiger partial charge is 0.326 e. The van der Waals surface area contributed by atoms with Gasteiger partial charge in [-0.3, -0.25) is 19.4 Å². The Balaban J connectivity index is 1.70. The first kappa shape index (κ1) is 30.6. The monoisotopic (exact) mass is 568 g/mol. The Kier molecular flexibility index (Phi) is 10.8. The molecular formula is C26H36N10O5. The highest BCUT2D eigenvalue weighted by Crippen LogP contribution is 2.19. The number of carboxylic acid groups (broad SMARTS) is 1. The first-order valence-electron chi connectivity index (χ1n) is 13.0. The van der Waals surface area contributed by atoms with Crippen LogP contribution in [0.5, 0.6) is 0 Å². The number of benzene rings is 1. The third-order valence-electron chi connectivity index (χ3n) is 6.38. The van der Waals surface area contributed by atoms with Crippen molar-refractivity contribution in [1.29, 1.82) is 0 Å². The molecule has 1 aromatic carbocycles. The lowest BCUT2D eigenvalue weighted by atomic mass is 10.0. The van der Waals surface area contributed by atoms with Crippen LogP contribution in [-0.4, -0.2) is 80.4 Å². The average Bonchev–Trinajstić information content (AvgIpc) is 3.60. The van der Waals surface area contributed by atoms with Gasteiger partial charge < -0.3 is 48.2 Å². The average molecular weight is 569 g/mol. The molecule has 2 aromatic heterocycles. The molecule has 15 nitrogen and oxygen atoms in total. The fourth-order valence-electron chi connectivity index (χ4n) is 4.15. The summed E-state index contributed by atoms with van der Waals surface area (Å²) in [6, 6.07) is 3.07. The summed E-state index contributed by atoms with van der Waals surface area (Å²) in [6.45, 7) is 1.76. The number of nitrogens with zero attached hydrogens (tertiary/aromatic N) is 2. The van der Waals surface area contributed by atoms with Crippen molar-refractivity contribution in [3.05, 3.63) is 54.2 Å². The fourth-order valence-corrected chi connectivity index (χ4v) is 4.15. The van der Waals surface area contributed by atoms with Crippen LogP contribution in [0.2, 0.25) is 0 Å². The Hall–Kier alpha value is -4.92. The van der Waals surface area contributed by atoms with E-state index >= 15 is 0 Å². The van der Waals surface area contributed by atoms with E-state index in [1.807, 2.05) is 24.3 Å². The number of nitrogens with one attached hydrogen (secondary N) is 5. The van der Waals surface area contributed by atoms with Gasteiger partial charge in [-0.05, 0) is 31.4 Å². The van der Waals surface area contributed by atoms with Gasteiger partial charge in [-0.1, -0.05) is 18.2 Å². The zero-order valence-electron chi connectivity index (χ0n) is 22.6. The topological polar surface area (TPSA) is 259 Å². The van der Waals surface area contributed by atoms with E-state index in [2.05, 4.69) is 35.9 Å². The molecule has 0 aliphatic heterocycles. The van der Waals surface area contributed by atoms with E-state index in [9.17, 15) is 24.3 Å². The molecule has 0 radical (unpaired) electrons. The van der Waals surface area contributed by atoms with Crippen LogP contribution in [0, 0.1) is 0 Å². The Labute approximate surface area is 235 Å². The van der Waals surface area contributed by atoms with Gasteiger partial charge in [-0.25, -0.2) is 9.78 Å². The SMILES string of the molecule is CC(NC(=O)C(N)CCCN=C(N)N)C(=O)NC(Cc1c[nH]c2ccccc12)C(=O)NC(Cc1cnc[nH]1)C(=O)O. The van der Waals surface area contributed by atoms with Gasteiger partial charge in [0.05, 0.1) is 12.4 Å². The number of hydrogen-bond donors (Lipinski definition) is 9. The summed E-state index contributed by atoms with van der Waals surface area (Å²) in [5, 5.41) is 18.3. The van der Waals surface area contributed by atoms with Crippen LogP contribution in [0.4, 0.5) is 0 Å². The quantitative estimate of drug-likeness (QED) is 0.0593. The normalized spacial score (nSPS) is 13.9. The maximum atomic E-state index is 13.4. The van der Waals surface area contributed by atoms with Crippen molar-refractivity contribution < 1.29 is 24.3 Å². The van der Waals surface area contributed by atoms with E-state index in [0.29, 0.717) is 18.7 Å². The number of aliphatic imine (C=N–C) groups is 1. The molecule has 4 atom stereocenters. The number of aromatic amines is 2. The van der Waals surface area contributed by atoms with E-state index in [0.717, 1.165) is 16.5 Å². The molecule has 3 rings (SSSR count). The first-order valence-corrected chi connectivity index (χ1v) is 13.0. The van der Waals surface area contributed by atoms with Gasteiger partial charge in [-0.2, -0.15) is 0 Å². The molecular weight excluding hydrogens is 532 g/mol. The number of aromatic nitrogens is 3. The predicted octanol–water partition coefficient (Wildman–Crippen LogP) is -1.38. The molecule has 3 amide bonds. The molecule has 220 valence electrons. The Morgan fingerprint density at radius 1 is 1.00 bits per heavy atom. The van der Waals surface area contributed by atoms with Gasteiger partial charge in [0.2, 0.25) is 17.7 Å². The number of para-hydroxylation sites is 1. The number of imidazole rings is 1. The van der Waals surface area contributed by atoms with Crippen molar-refractivity contribution in [2.24, 2.45) is 22.2 Å². The summed E-state index contributed by atoms with van der Waals surface area (Å²) in [6.07, 6.45) is 5.36. The van der Waals surface area contributed by atoms with Crippen LogP contribution < -0.4 is 33.2 Å². The molecule has 4 unspecified atom stereocenters. The standard InChI is InChI=1S/C26H36N10O5/c1-14(34-23(38)18(27)6-4-8-31-26(28)29)22(37)35-20(9-15-11-32-19-7-3-2-5-17(15)19)24(39)36-21(25(40)41)10-16-12-30-13-33-16/h2-3,5,7,11-14,18,20-21,32H,4,6,8-10,27H2,1H3,(H,30,33)(H,34,38)(H,35,37)(H,36,39)(H,40,41)(H4,28,29,31). The lowest BCUT2D eigenvalue weighted by Gasteiger charge is -2.23. The highest BCUT2D eigenvalue weighted by Gasteiger charge is 2.30. The predicted molar refractivity (Wildman–Crippen MR) is 151 cm³/mol. The van der Waals surface area contributed by atoms with Crippen LogP contribution in [0.25, 0.3) is 10.9 Å². The summed E-state index contributed by atoms with van der Waals surface area (Å²) >= 11 is 0. The van der Waals surface area contributed by atoms with E-state index in [1.165, 1.54) is 19.4 Å². The third kappa shape index (κ3) is 9.06. The number of nitrogens with two attached hydrogens (primary N) is 3. The molecule has 0 bridgehead atoms. The molecule has 0 spiro atoms. The minimum absolute atomic E-state index is 0.0393. The maximum Gasteiger partial charge on any atom is 0.326 e. The van der Waals surface area contributed by atoms with Gasteiger partial charge >= 0.3 is 5.97 Å². The van der Waals surface area contributed by atoms with Crippen molar-refractivity contribution in [2.45, 2.75) is 56.8 Å². The van der Waals surface area contributed by atoms with Crippen molar-refractivity contribution in [1.82, 2.24) is 30.9 Å². The minimum atomic E-state index is -1.28. The van der Waals surface area contributed by atoms with Crippen molar-refractivity contribution in [3.63, 3.8) is 0 Å². The van der Waals surface area contributed by atoms with E-state index in [4.69, 9.17) is 17.2 Å². The molecule has 12 N–H and O–H groups in total. The molecule has 0 saturated carbocycles. The second kappa shape index (κ2) is 14.5. The first-order chi connectivity index (χ1) is 19.5. The summed E-state index contributed by atoms with van der Waals surface area (Å²) in [5.74, 6) is -3.22. The van der Waals surface area contributed by atoms with Gasteiger partial charge in [-0.15, -0.1) is 0 Å². The second-order valence-corrected chi connectivity index (χ2v) is 9.59. The van der Waals surface area contributed by atoms with Crippen LogP contribution in [0.3, 0.4) is 0 Å². The summed E-state index contributed by atoms with van der Waals surface area (Å²) in [5.41, 5.74) is 18.6. The Morgan fingerprint density at radius 3 is 2.41 bits per heavy atom. The van der Waals surface area contributed by atoms with Gasteiger partial charge in [0.15, 0.2) is 5.96 Å². The number of carboxylic acids is 1. The molecule has 2 heterocycles. The number of guanidine groups is 1. The molecule has 41 heavy (non-hydrogen) atoms. The van der Waals surface area contributed by atoms with Gasteiger partial charge in [0.1, 0.15) is 18.1 Å². The van der Waals surface area contributed by atoms with Gasteiger partial charge in [0, 0.05) is 48.4 Å². The summed E-state index contributed by atoms with van der Waals surface area (Å²) < 4.78 is 0. The van der Waals surface area contributed by atoms with Crippen LogP contribution in [0.1, 0.15) is 31.0 Å². The Bertz CT molecular complexity index is 1370. The van der Waals surface area contributed by atoms with Crippen LogP contribution in [-0.2, 0) is 32.0 Å². The van der Waals surface area contributed by atoms with Gasteiger partial charge in [0.25, 0.3) is 0 Å². The fraction of sp³-hybridized carbons (Fsp3) is 0.385. The number of rotatable bonds is 15. The van der Waals surface area contributed by atoms with E-state index in [1.54, 1.807) is 6.20 Å². The molecule has 3 aromatic rings. The van der Waals surface area contributed by atoms with Crippen molar-refractivity contribution in [3.8, 4) is 0 Å². The second-order valence-electron chi connectivity index (χ2n) is 9.59. The van der Waals surface area contributed by atoms with E-state index < -0.39 is 47.9 Å².